The van der Waals surface area contributed by atoms with E-state index < -0.39 is 0 Å². The molecule has 98 valence electrons. The smallest absolute Gasteiger partial charge is 0.254 e. The third kappa shape index (κ3) is 2.54. The average Bonchev–Trinajstić information content (AvgIpc) is 2.61. The maximum Gasteiger partial charge on any atom is 0.254 e. The van der Waals surface area contributed by atoms with Gasteiger partial charge in [-0.25, -0.2) is 0 Å². The number of nitrogens with zero attached hydrogens (tertiary/aromatic N) is 1. The number of hydrogen-bond acceptors (Lipinski definition) is 3. The van der Waals surface area contributed by atoms with Gasteiger partial charge in [-0.3, -0.25) is 4.79 Å². The average molecular weight is 264 g/mol. The fraction of sp³-hybridized carbons (Fsp3) is 0.500. The summed E-state index contributed by atoms with van der Waals surface area (Å²) in [5.41, 5.74) is 6.57. The number of benzene rings is 1. The van der Waals surface area contributed by atoms with Crippen LogP contribution in [0.15, 0.2) is 29.2 Å². The quantitative estimate of drug-likeness (QED) is 0.834. The van der Waals surface area contributed by atoms with Gasteiger partial charge in [-0.1, -0.05) is 0 Å². The van der Waals surface area contributed by atoms with Crippen LogP contribution in [0.4, 0.5) is 0 Å². The SMILES string of the molecule is CSc1ccc(C(=O)N2CC(N)CC2(C)C)cc1. The van der Waals surface area contributed by atoms with Crippen LogP contribution in [0, 0.1) is 0 Å². The Bertz CT molecular complexity index is 442. The molecule has 0 spiro atoms. The van der Waals surface area contributed by atoms with E-state index in [0.29, 0.717) is 6.54 Å². The van der Waals surface area contributed by atoms with E-state index in [2.05, 4.69) is 13.8 Å². The number of carbonyl (C=O) groups is 1. The second-order valence-electron chi connectivity index (χ2n) is 5.42. The summed E-state index contributed by atoms with van der Waals surface area (Å²) in [5.74, 6) is 0.0839. The predicted molar refractivity (Wildman–Crippen MR) is 75.9 cm³/mol. The molecular weight excluding hydrogens is 244 g/mol. The summed E-state index contributed by atoms with van der Waals surface area (Å²) >= 11 is 1.68. The van der Waals surface area contributed by atoms with Gasteiger partial charge in [0.2, 0.25) is 0 Å². The standard InChI is InChI=1S/C14H20N2OS/c1-14(2)8-11(15)9-16(14)13(17)10-4-6-12(18-3)7-5-10/h4-7,11H,8-9,15H2,1-3H3. The van der Waals surface area contributed by atoms with E-state index in [4.69, 9.17) is 5.73 Å². The minimum Gasteiger partial charge on any atom is -0.332 e. The van der Waals surface area contributed by atoms with Crippen molar-refractivity contribution in [2.75, 3.05) is 12.8 Å². The molecule has 1 unspecified atom stereocenters. The van der Waals surface area contributed by atoms with Crippen LogP contribution in [0.25, 0.3) is 0 Å². The van der Waals surface area contributed by atoms with Crippen LogP contribution in [0.3, 0.4) is 0 Å². The Morgan fingerprint density at radius 2 is 2.00 bits per heavy atom. The van der Waals surface area contributed by atoms with Crippen LogP contribution < -0.4 is 5.73 Å². The van der Waals surface area contributed by atoms with E-state index in [-0.39, 0.29) is 17.5 Å². The van der Waals surface area contributed by atoms with Crippen LogP contribution in [-0.4, -0.2) is 35.2 Å². The molecule has 1 fully saturated rings. The van der Waals surface area contributed by atoms with Gasteiger partial charge in [-0.2, -0.15) is 0 Å². The monoisotopic (exact) mass is 264 g/mol. The Labute approximate surface area is 113 Å². The molecule has 0 bridgehead atoms. The van der Waals surface area contributed by atoms with Gasteiger partial charge in [0.15, 0.2) is 0 Å². The van der Waals surface area contributed by atoms with Crippen molar-refractivity contribution >= 4 is 17.7 Å². The number of hydrogen-bond donors (Lipinski definition) is 1. The fourth-order valence-corrected chi connectivity index (χ4v) is 2.95. The zero-order chi connectivity index (χ0) is 13.3. The summed E-state index contributed by atoms with van der Waals surface area (Å²) in [6.07, 6.45) is 2.89. The molecule has 1 aromatic carbocycles. The molecule has 1 aromatic rings. The highest BCUT2D eigenvalue weighted by Crippen LogP contribution is 2.29. The van der Waals surface area contributed by atoms with Gasteiger partial charge in [-0.05, 0) is 50.8 Å². The minimum atomic E-state index is -0.144. The lowest BCUT2D eigenvalue weighted by atomic mass is 10.00. The second kappa shape index (κ2) is 4.94. The summed E-state index contributed by atoms with van der Waals surface area (Å²) < 4.78 is 0. The van der Waals surface area contributed by atoms with Crippen LogP contribution >= 0.6 is 11.8 Å². The Balaban J connectivity index is 2.20. The lowest BCUT2D eigenvalue weighted by Crippen LogP contribution is -2.42. The first kappa shape index (κ1) is 13.4. The van der Waals surface area contributed by atoms with Gasteiger partial charge < -0.3 is 10.6 Å². The molecule has 1 atom stereocenters. The number of nitrogens with two attached hydrogens (primary N) is 1. The van der Waals surface area contributed by atoms with E-state index in [1.54, 1.807) is 11.8 Å². The zero-order valence-corrected chi connectivity index (χ0v) is 12.0. The first-order valence-electron chi connectivity index (χ1n) is 6.15. The molecule has 0 aliphatic carbocycles. The predicted octanol–water partition coefficient (Wildman–Crippen LogP) is 2.36. The Morgan fingerprint density at radius 1 is 1.39 bits per heavy atom. The molecule has 1 heterocycles. The molecule has 1 aliphatic heterocycles. The molecule has 0 aromatic heterocycles. The molecular formula is C14H20N2OS. The maximum absolute atomic E-state index is 12.5. The number of likely N-dealkylation sites (tertiary alicyclic amines) is 1. The van der Waals surface area contributed by atoms with Gasteiger partial charge in [0, 0.05) is 28.6 Å². The van der Waals surface area contributed by atoms with Crippen molar-refractivity contribution in [1.29, 1.82) is 0 Å². The van der Waals surface area contributed by atoms with Crippen LogP contribution in [0.2, 0.25) is 0 Å². The summed E-state index contributed by atoms with van der Waals surface area (Å²) in [6.45, 7) is 4.80. The summed E-state index contributed by atoms with van der Waals surface area (Å²) in [7, 11) is 0. The van der Waals surface area contributed by atoms with Crippen LogP contribution in [0.5, 0.6) is 0 Å². The van der Waals surface area contributed by atoms with Crippen LogP contribution in [0.1, 0.15) is 30.6 Å². The first-order chi connectivity index (χ1) is 8.44. The lowest BCUT2D eigenvalue weighted by Gasteiger charge is -2.31. The molecule has 1 aliphatic rings. The molecule has 0 saturated carbocycles. The zero-order valence-electron chi connectivity index (χ0n) is 11.1. The normalized spacial score (nSPS) is 22.2. The molecule has 2 rings (SSSR count). The van der Waals surface area contributed by atoms with Crippen molar-refractivity contribution in [3.05, 3.63) is 29.8 Å². The Kier molecular flexibility index (Phi) is 3.69. The maximum atomic E-state index is 12.5. The van der Waals surface area contributed by atoms with Crippen molar-refractivity contribution in [1.82, 2.24) is 4.90 Å². The van der Waals surface area contributed by atoms with E-state index >= 15 is 0 Å². The Hall–Kier alpha value is -1.00. The molecule has 3 nitrogen and oxygen atoms in total. The van der Waals surface area contributed by atoms with E-state index in [9.17, 15) is 4.79 Å². The molecule has 18 heavy (non-hydrogen) atoms. The number of carbonyl (C=O) groups excluding carboxylic acids is 1. The lowest BCUT2D eigenvalue weighted by molar-refractivity contribution is 0.0651. The van der Waals surface area contributed by atoms with Gasteiger partial charge >= 0.3 is 0 Å². The highest BCUT2D eigenvalue weighted by atomic mass is 32.2. The van der Waals surface area contributed by atoms with E-state index in [1.807, 2.05) is 35.4 Å². The number of thioether (sulfide) groups is 1. The molecule has 4 heteroatoms. The highest BCUT2D eigenvalue weighted by molar-refractivity contribution is 7.98. The Morgan fingerprint density at radius 3 is 2.44 bits per heavy atom. The van der Waals surface area contributed by atoms with Gasteiger partial charge in [0.1, 0.15) is 0 Å². The largest absolute Gasteiger partial charge is 0.332 e. The van der Waals surface area contributed by atoms with Crippen molar-refractivity contribution < 1.29 is 4.79 Å². The summed E-state index contributed by atoms with van der Waals surface area (Å²) in [4.78, 5) is 15.5. The van der Waals surface area contributed by atoms with Crippen molar-refractivity contribution in [3.63, 3.8) is 0 Å². The fourth-order valence-electron chi connectivity index (χ4n) is 2.55. The van der Waals surface area contributed by atoms with E-state index in [0.717, 1.165) is 12.0 Å². The molecule has 1 amide bonds. The summed E-state index contributed by atoms with van der Waals surface area (Å²) in [5, 5.41) is 0. The van der Waals surface area contributed by atoms with Crippen molar-refractivity contribution in [3.8, 4) is 0 Å². The van der Waals surface area contributed by atoms with E-state index in [1.165, 1.54) is 4.90 Å². The third-order valence-electron chi connectivity index (χ3n) is 3.49. The molecule has 0 radical (unpaired) electrons. The number of rotatable bonds is 2. The van der Waals surface area contributed by atoms with Gasteiger partial charge in [-0.15, -0.1) is 11.8 Å². The topological polar surface area (TPSA) is 46.3 Å². The second-order valence-corrected chi connectivity index (χ2v) is 6.30. The van der Waals surface area contributed by atoms with Gasteiger partial charge in [0.05, 0.1) is 0 Å². The molecule has 1 saturated heterocycles. The summed E-state index contributed by atoms with van der Waals surface area (Å²) in [6, 6.07) is 7.86. The minimum absolute atomic E-state index is 0.0839. The van der Waals surface area contributed by atoms with Crippen molar-refractivity contribution in [2.24, 2.45) is 5.73 Å². The third-order valence-corrected chi connectivity index (χ3v) is 4.24. The number of amides is 1. The highest BCUT2D eigenvalue weighted by Gasteiger charge is 2.39. The van der Waals surface area contributed by atoms with Crippen molar-refractivity contribution in [2.45, 2.75) is 36.7 Å². The van der Waals surface area contributed by atoms with Crippen LogP contribution in [-0.2, 0) is 0 Å². The first-order valence-corrected chi connectivity index (χ1v) is 7.38. The van der Waals surface area contributed by atoms with Gasteiger partial charge in [0.25, 0.3) is 5.91 Å². The molecule has 2 N–H and O–H groups in total.